The zero-order valence-electron chi connectivity index (χ0n) is 12.1. The Labute approximate surface area is 131 Å². The van der Waals surface area contributed by atoms with Gasteiger partial charge in [0, 0.05) is 5.56 Å². The molecule has 0 bridgehead atoms. The molecule has 0 atom stereocenters. The molecular weight excluding hydrogens is 304 g/mol. The Balaban J connectivity index is 1.78. The van der Waals surface area contributed by atoms with Crippen LogP contribution in [-0.2, 0) is 4.74 Å². The molecule has 1 N–H and O–H groups in total. The lowest BCUT2D eigenvalue weighted by Gasteiger charge is -2.05. The molecule has 1 aliphatic rings. The number of esters is 1. The van der Waals surface area contributed by atoms with Crippen LogP contribution in [0.15, 0.2) is 34.7 Å². The third-order valence-corrected chi connectivity index (χ3v) is 4.06. The summed E-state index contributed by atoms with van der Waals surface area (Å²) in [6, 6.07) is 7.41. The number of methoxy groups -OCH3 is 1. The standard InChI is InChI=1S/C15H14N2O4S/c1-9(10-3-4-12-13(7-10)21-8-20-12)16-17-11-5-6-22-14(11)15(18)19-2/h3-7,17H,8H2,1-2H3. The summed E-state index contributed by atoms with van der Waals surface area (Å²) in [7, 11) is 1.35. The minimum atomic E-state index is -0.381. The number of hydrazone groups is 1. The van der Waals surface area contributed by atoms with Crippen molar-refractivity contribution in [3.05, 3.63) is 40.1 Å². The van der Waals surface area contributed by atoms with Crippen molar-refractivity contribution in [2.45, 2.75) is 6.92 Å². The van der Waals surface area contributed by atoms with Crippen LogP contribution in [-0.4, -0.2) is 25.6 Å². The van der Waals surface area contributed by atoms with E-state index in [0.29, 0.717) is 16.3 Å². The van der Waals surface area contributed by atoms with E-state index in [1.54, 1.807) is 11.4 Å². The van der Waals surface area contributed by atoms with E-state index >= 15 is 0 Å². The Kier molecular flexibility index (Phi) is 3.97. The number of carbonyl (C=O) groups is 1. The van der Waals surface area contributed by atoms with Gasteiger partial charge in [-0.25, -0.2) is 4.79 Å². The smallest absolute Gasteiger partial charge is 0.350 e. The van der Waals surface area contributed by atoms with Gasteiger partial charge in [0.25, 0.3) is 0 Å². The number of anilines is 1. The lowest BCUT2D eigenvalue weighted by molar-refractivity contribution is 0.0607. The first kappa shape index (κ1) is 14.4. The highest BCUT2D eigenvalue weighted by molar-refractivity contribution is 7.12. The first-order valence-electron chi connectivity index (χ1n) is 6.55. The largest absolute Gasteiger partial charge is 0.465 e. The Hall–Kier alpha value is -2.54. The van der Waals surface area contributed by atoms with Crippen LogP contribution < -0.4 is 14.9 Å². The number of nitrogens with one attached hydrogen (secondary N) is 1. The van der Waals surface area contributed by atoms with E-state index in [2.05, 4.69) is 10.5 Å². The van der Waals surface area contributed by atoms with Gasteiger partial charge in [-0.2, -0.15) is 5.10 Å². The van der Waals surface area contributed by atoms with Gasteiger partial charge in [-0.1, -0.05) is 0 Å². The molecule has 0 spiro atoms. The zero-order chi connectivity index (χ0) is 15.5. The van der Waals surface area contributed by atoms with Crippen LogP contribution in [0.25, 0.3) is 0 Å². The van der Waals surface area contributed by atoms with Gasteiger partial charge in [-0.15, -0.1) is 11.3 Å². The van der Waals surface area contributed by atoms with Crippen LogP contribution in [0, 0.1) is 0 Å². The van der Waals surface area contributed by atoms with Crippen molar-refractivity contribution in [1.29, 1.82) is 0 Å². The Morgan fingerprint density at radius 3 is 2.95 bits per heavy atom. The third kappa shape index (κ3) is 2.75. The molecule has 7 heteroatoms. The molecule has 0 unspecified atom stereocenters. The molecule has 114 valence electrons. The average molecular weight is 318 g/mol. The number of rotatable bonds is 4. The van der Waals surface area contributed by atoms with Crippen molar-refractivity contribution in [1.82, 2.24) is 0 Å². The van der Waals surface area contributed by atoms with Gasteiger partial charge in [-0.3, -0.25) is 5.43 Å². The molecule has 0 saturated carbocycles. The number of hydrogen-bond acceptors (Lipinski definition) is 7. The third-order valence-electron chi connectivity index (χ3n) is 3.17. The second-order valence-corrected chi connectivity index (χ2v) is 5.45. The summed E-state index contributed by atoms with van der Waals surface area (Å²) in [6.45, 7) is 2.11. The fraction of sp³-hybridized carbons (Fsp3) is 0.200. The number of benzene rings is 1. The minimum absolute atomic E-state index is 0.241. The van der Waals surface area contributed by atoms with Crippen molar-refractivity contribution in [2.24, 2.45) is 5.10 Å². The summed E-state index contributed by atoms with van der Waals surface area (Å²) in [5.74, 6) is 1.06. The second kappa shape index (κ2) is 6.07. The molecule has 1 aliphatic heterocycles. The number of ether oxygens (including phenoxy) is 3. The van der Waals surface area contributed by atoms with Crippen molar-refractivity contribution in [3.63, 3.8) is 0 Å². The summed E-state index contributed by atoms with van der Waals surface area (Å²) in [6.07, 6.45) is 0. The van der Waals surface area contributed by atoms with Crippen LogP contribution in [0.5, 0.6) is 11.5 Å². The molecule has 0 radical (unpaired) electrons. The van der Waals surface area contributed by atoms with Gasteiger partial charge in [-0.05, 0) is 36.6 Å². The SMILES string of the molecule is COC(=O)c1sccc1NN=C(C)c1ccc2c(c1)OCO2. The number of fused-ring (bicyclic) bond motifs is 1. The molecule has 22 heavy (non-hydrogen) atoms. The Morgan fingerprint density at radius 2 is 2.14 bits per heavy atom. The molecule has 2 aromatic rings. The van der Waals surface area contributed by atoms with E-state index < -0.39 is 0 Å². The topological polar surface area (TPSA) is 69.2 Å². The van der Waals surface area contributed by atoms with E-state index in [4.69, 9.17) is 14.2 Å². The highest BCUT2D eigenvalue weighted by atomic mass is 32.1. The highest BCUT2D eigenvalue weighted by Crippen LogP contribution is 2.32. The monoisotopic (exact) mass is 318 g/mol. The summed E-state index contributed by atoms with van der Waals surface area (Å²) in [5, 5.41) is 6.11. The Morgan fingerprint density at radius 1 is 1.32 bits per heavy atom. The summed E-state index contributed by atoms with van der Waals surface area (Å²) in [4.78, 5) is 12.1. The Bertz CT molecular complexity index is 739. The predicted molar refractivity (Wildman–Crippen MR) is 84.1 cm³/mol. The van der Waals surface area contributed by atoms with Gasteiger partial charge < -0.3 is 14.2 Å². The zero-order valence-corrected chi connectivity index (χ0v) is 12.9. The van der Waals surface area contributed by atoms with Crippen molar-refractivity contribution in [2.75, 3.05) is 19.3 Å². The van der Waals surface area contributed by atoms with Gasteiger partial charge in [0.15, 0.2) is 11.5 Å². The van der Waals surface area contributed by atoms with Gasteiger partial charge >= 0.3 is 5.97 Å². The quantitative estimate of drug-likeness (QED) is 0.533. The molecule has 1 aromatic heterocycles. The predicted octanol–water partition coefficient (Wildman–Crippen LogP) is 3.10. The highest BCUT2D eigenvalue weighted by Gasteiger charge is 2.15. The fourth-order valence-electron chi connectivity index (χ4n) is 1.98. The van der Waals surface area contributed by atoms with E-state index in [1.165, 1.54) is 18.4 Å². The van der Waals surface area contributed by atoms with Crippen LogP contribution in [0.4, 0.5) is 5.69 Å². The maximum absolute atomic E-state index is 11.6. The molecule has 2 heterocycles. The van der Waals surface area contributed by atoms with Crippen LogP contribution in [0.1, 0.15) is 22.2 Å². The lowest BCUT2D eigenvalue weighted by Crippen LogP contribution is -2.04. The first-order valence-corrected chi connectivity index (χ1v) is 7.43. The molecule has 1 aromatic carbocycles. The lowest BCUT2D eigenvalue weighted by atomic mass is 10.1. The second-order valence-electron chi connectivity index (χ2n) is 4.53. The summed E-state index contributed by atoms with van der Waals surface area (Å²) >= 11 is 1.30. The fourth-order valence-corrected chi connectivity index (χ4v) is 2.74. The van der Waals surface area contributed by atoms with Gasteiger partial charge in [0.2, 0.25) is 6.79 Å². The first-order chi connectivity index (χ1) is 10.7. The average Bonchev–Trinajstić information content (AvgIpc) is 3.19. The summed E-state index contributed by atoms with van der Waals surface area (Å²) < 4.78 is 15.4. The van der Waals surface area contributed by atoms with E-state index in [-0.39, 0.29) is 12.8 Å². The van der Waals surface area contributed by atoms with Gasteiger partial charge in [0.1, 0.15) is 4.88 Å². The maximum atomic E-state index is 11.6. The molecular formula is C15H14N2O4S. The van der Waals surface area contributed by atoms with Gasteiger partial charge in [0.05, 0.1) is 18.5 Å². The number of nitrogens with zero attached hydrogens (tertiary/aromatic N) is 1. The van der Waals surface area contributed by atoms with Crippen LogP contribution in [0.3, 0.4) is 0 Å². The van der Waals surface area contributed by atoms with Crippen LogP contribution in [0.2, 0.25) is 0 Å². The molecule has 0 amide bonds. The van der Waals surface area contributed by atoms with E-state index in [9.17, 15) is 4.79 Å². The van der Waals surface area contributed by atoms with E-state index in [0.717, 1.165) is 17.0 Å². The number of carbonyl (C=O) groups excluding carboxylic acids is 1. The summed E-state index contributed by atoms with van der Waals surface area (Å²) in [5.41, 5.74) is 5.20. The molecule has 6 nitrogen and oxygen atoms in total. The number of thiophene rings is 1. The molecule has 0 fully saturated rings. The van der Waals surface area contributed by atoms with E-state index in [1.807, 2.05) is 25.1 Å². The van der Waals surface area contributed by atoms with Crippen molar-refractivity contribution in [3.8, 4) is 11.5 Å². The van der Waals surface area contributed by atoms with Crippen molar-refractivity contribution >= 4 is 28.7 Å². The maximum Gasteiger partial charge on any atom is 0.350 e. The molecule has 3 rings (SSSR count). The van der Waals surface area contributed by atoms with Crippen LogP contribution >= 0.6 is 11.3 Å². The minimum Gasteiger partial charge on any atom is -0.465 e. The normalized spacial score (nSPS) is 13.1. The number of hydrogen-bond donors (Lipinski definition) is 1. The molecule has 0 aliphatic carbocycles. The van der Waals surface area contributed by atoms with Crippen molar-refractivity contribution < 1.29 is 19.0 Å². The molecule has 0 saturated heterocycles.